The van der Waals surface area contributed by atoms with E-state index in [0.29, 0.717) is 5.69 Å². The van der Waals surface area contributed by atoms with Gasteiger partial charge in [0, 0.05) is 18.1 Å². The lowest BCUT2D eigenvalue weighted by Gasteiger charge is -2.09. The lowest BCUT2D eigenvalue weighted by atomic mass is 10.2. The van der Waals surface area contributed by atoms with Gasteiger partial charge >= 0.3 is 0 Å². The number of aromatic nitrogens is 2. The molecule has 0 saturated carbocycles. The fourth-order valence-electron chi connectivity index (χ4n) is 2.05. The first-order valence-corrected chi connectivity index (χ1v) is 6.99. The normalized spacial score (nSPS) is 10.3. The molecule has 1 aromatic heterocycles. The number of halogens is 1. The van der Waals surface area contributed by atoms with E-state index >= 15 is 0 Å². The van der Waals surface area contributed by atoms with E-state index < -0.39 is 5.82 Å². The molecular weight excluding hydrogens is 297 g/mol. The Kier molecular flexibility index (Phi) is 4.33. The number of ether oxygens (including phenoxy) is 1. The Balaban J connectivity index is 1.62. The topological polar surface area (TPSA) is 56.1 Å². The van der Waals surface area contributed by atoms with Gasteiger partial charge in [0.2, 0.25) is 0 Å². The zero-order valence-electron chi connectivity index (χ0n) is 12.1. The van der Waals surface area contributed by atoms with E-state index in [9.17, 15) is 9.18 Å². The molecule has 5 nitrogen and oxygen atoms in total. The van der Waals surface area contributed by atoms with Gasteiger partial charge in [0.25, 0.3) is 5.91 Å². The predicted molar refractivity (Wildman–Crippen MR) is 84.1 cm³/mol. The van der Waals surface area contributed by atoms with E-state index in [1.807, 2.05) is 24.4 Å². The van der Waals surface area contributed by atoms with Crippen molar-refractivity contribution >= 4 is 11.6 Å². The molecule has 0 aliphatic heterocycles. The summed E-state index contributed by atoms with van der Waals surface area (Å²) in [5.41, 5.74) is 1.43. The number of carbonyl (C=O) groups excluding carboxylic acids is 1. The Hall–Kier alpha value is -3.15. The van der Waals surface area contributed by atoms with Crippen molar-refractivity contribution in [3.63, 3.8) is 0 Å². The van der Waals surface area contributed by atoms with E-state index in [1.165, 1.54) is 12.1 Å². The standard InChI is InChI=1S/C17H14FN3O2/c18-15-7-1-2-8-16(15)23-12-17(22)20-13-5-3-6-14(11-13)21-10-4-9-19-21/h1-11H,12H2,(H,20,22). The van der Waals surface area contributed by atoms with Crippen LogP contribution in [0.5, 0.6) is 5.75 Å². The van der Waals surface area contributed by atoms with Crippen LogP contribution in [0.4, 0.5) is 10.1 Å². The minimum absolute atomic E-state index is 0.0490. The molecule has 0 radical (unpaired) electrons. The van der Waals surface area contributed by atoms with E-state index in [0.717, 1.165) is 5.69 Å². The van der Waals surface area contributed by atoms with Gasteiger partial charge in [-0.05, 0) is 36.4 Å². The van der Waals surface area contributed by atoms with Gasteiger partial charge in [0.05, 0.1) is 5.69 Å². The summed E-state index contributed by atoms with van der Waals surface area (Å²) in [6, 6.07) is 15.0. The molecule has 6 heteroatoms. The fraction of sp³-hybridized carbons (Fsp3) is 0.0588. The molecule has 3 aromatic rings. The number of anilines is 1. The summed E-state index contributed by atoms with van der Waals surface area (Å²) < 4.78 is 20.3. The van der Waals surface area contributed by atoms with E-state index in [2.05, 4.69) is 10.4 Å². The Labute approximate surface area is 132 Å². The molecular formula is C17H14FN3O2. The molecule has 1 N–H and O–H groups in total. The lowest BCUT2D eigenvalue weighted by molar-refractivity contribution is -0.118. The van der Waals surface area contributed by atoms with Gasteiger partial charge in [-0.25, -0.2) is 9.07 Å². The zero-order chi connectivity index (χ0) is 16.1. The first-order chi connectivity index (χ1) is 11.2. The van der Waals surface area contributed by atoms with Crippen molar-refractivity contribution in [1.82, 2.24) is 9.78 Å². The molecule has 0 spiro atoms. The second kappa shape index (κ2) is 6.74. The number of hydrogen-bond donors (Lipinski definition) is 1. The van der Waals surface area contributed by atoms with Crippen molar-refractivity contribution in [2.45, 2.75) is 0 Å². The molecule has 0 bridgehead atoms. The van der Waals surface area contributed by atoms with Crippen LogP contribution in [0.15, 0.2) is 67.0 Å². The van der Waals surface area contributed by atoms with Gasteiger partial charge in [0.1, 0.15) is 0 Å². The third-order valence-electron chi connectivity index (χ3n) is 3.09. The summed E-state index contributed by atoms with van der Waals surface area (Å²) in [5, 5.41) is 6.84. The van der Waals surface area contributed by atoms with Gasteiger partial charge < -0.3 is 10.1 Å². The molecule has 0 aliphatic carbocycles. The zero-order valence-corrected chi connectivity index (χ0v) is 12.1. The van der Waals surface area contributed by atoms with Crippen molar-refractivity contribution in [3.8, 4) is 11.4 Å². The maximum absolute atomic E-state index is 13.4. The first-order valence-electron chi connectivity index (χ1n) is 6.99. The van der Waals surface area contributed by atoms with Crippen LogP contribution in [-0.4, -0.2) is 22.3 Å². The number of amides is 1. The van der Waals surface area contributed by atoms with Gasteiger partial charge in [-0.15, -0.1) is 0 Å². The van der Waals surface area contributed by atoms with Crippen LogP contribution in [-0.2, 0) is 4.79 Å². The molecule has 2 aromatic carbocycles. The van der Waals surface area contributed by atoms with Crippen LogP contribution in [0.25, 0.3) is 5.69 Å². The number of nitrogens with one attached hydrogen (secondary N) is 1. The number of nitrogens with zero attached hydrogens (tertiary/aromatic N) is 2. The van der Waals surface area contributed by atoms with Crippen molar-refractivity contribution in [1.29, 1.82) is 0 Å². The largest absolute Gasteiger partial charge is 0.481 e. The summed E-state index contributed by atoms with van der Waals surface area (Å²) in [4.78, 5) is 11.9. The first kappa shape index (κ1) is 14.8. The number of hydrogen-bond acceptors (Lipinski definition) is 3. The van der Waals surface area contributed by atoms with E-state index in [4.69, 9.17) is 4.74 Å². The summed E-state index contributed by atoms with van der Waals surface area (Å²) in [5.74, 6) is -0.820. The maximum atomic E-state index is 13.4. The average Bonchev–Trinajstić information content (AvgIpc) is 3.09. The molecule has 3 rings (SSSR count). The van der Waals surface area contributed by atoms with Gasteiger partial charge in [-0.1, -0.05) is 18.2 Å². The van der Waals surface area contributed by atoms with Crippen LogP contribution in [0.1, 0.15) is 0 Å². The quantitative estimate of drug-likeness (QED) is 0.788. The minimum atomic E-state index is -0.499. The third-order valence-corrected chi connectivity index (χ3v) is 3.09. The van der Waals surface area contributed by atoms with E-state index in [-0.39, 0.29) is 18.3 Å². The second-order valence-corrected chi connectivity index (χ2v) is 4.77. The Morgan fingerprint density at radius 3 is 2.83 bits per heavy atom. The van der Waals surface area contributed by atoms with Crippen molar-refractivity contribution in [2.75, 3.05) is 11.9 Å². The molecule has 1 heterocycles. The molecule has 0 saturated heterocycles. The van der Waals surface area contributed by atoms with Crippen molar-refractivity contribution < 1.29 is 13.9 Å². The smallest absolute Gasteiger partial charge is 0.262 e. The molecule has 0 atom stereocenters. The summed E-state index contributed by atoms with van der Waals surface area (Å²) in [6.07, 6.45) is 3.48. The van der Waals surface area contributed by atoms with Crippen LogP contribution in [0.3, 0.4) is 0 Å². The monoisotopic (exact) mass is 311 g/mol. The molecule has 1 amide bonds. The lowest BCUT2D eigenvalue weighted by Crippen LogP contribution is -2.20. The number of rotatable bonds is 5. The maximum Gasteiger partial charge on any atom is 0.262 e. The third kappa shape index (κ3) is 3.74. The fourth-order valence-corrected chi connectivity index (χ4v) is 2.05. The number of benzene rings is 2. The SMILES string of the molecule is O=C(COc1ccccc1F)Nc1cccc(-n2cccn2)c1. The van der Waals surface area contributed by atoms with Gasteiger partial charge in [0.15, 0.2) is 18.2 Å². The number of carbonyl (C=O) groups is 1. The minimum Gasteiger partial charge on any atom is -0.481 e. The summed E-state index contributed by atoms with van der Waals surface area (Å²) in [6.45, 7) is -0.271. The average molecular weight is 311 g/mol. The predicted octanol–water partition coefficient (Wildman–Crippen LogP) is 3.03. The van der Waals surface area contributed by atoms with Crippen LogP contribution < -0.4 is 10.1 Å². The molecule has 0 fully saturated rings. The second-order valence-electron chi connectivity index (χ2n) is 4.77. The molecule has 116 valence electrons. The Morgan fingerprint density at radius 1 is 1.17 bits per heavy atom. The number of para-hydroxylation sites is 1. The Morgan fingerprint density at radius 2 is 2.04 bits per heavy atom. The van der Waals surface area contributed by atoms with Gasteiger partial charge in [-0.3, -0.25) is 4.79 Å². The molecule has 23 heavy (non-hydrogen) atoms. The highest BCUT2D eigenvalue weighted by atomic mass is 19.1. The summed E-state index contributed by atoms with van der Waals surface area (Å²) in [7, 11) is 0. The van der Waals surface area contributed by atoms with E-state index in [1.54, 1.807) is 35.1 Å². The van der Waals surface area contributed by atoms with Crippen LogP contribution in [0, 0.1) is 5.82 Å². The van der Waals surface area contributed by atoms with Crippen LogP contribution >= 0.6 is 0 Å². The Bertz CT molecular complexity index is 803. The van der Waals surface area contributed by atoms with Crippen molar-refractivity contribution in [3.05, 3.63) is 72.8 Å². The van der Waals surface area contributed by atoms with Crippen molar-refractivity contribution in [2.24, 2.45) is 0 Å². The molecule has 0 aliphatic rings. The molecule has 0 unspecified atom stereocenters. The highest BCUT2D eigenvalue weighted by Gasteiger charge is 2.07. The van der Waals surface area contributed by atoms with Gasteiger partial charge in [-0.2, -0.15) is 5.10 Å². The highest BCUT2D eigenvalue weighted by molar-refractivity contribution is 5.92. The summed E-state index contributed by atoms with van der Waals surface area (Å²) >= 11 is 0. The highest BCUT2D eigenvalue weighted by Crippen LogP contribution is 2.16. The van der Waals surface area contributed by atoms with Crippen LogP contribution in [0.2, 0.25) is 0 Å².